The number of carbonyl (C=O) groups is 1. The van der Waals surface area contributed by atoms with E-state index in [2.05, 4.69) is 31.2 Å². The number of rotatable bonds is 3. The van der Waals surface area contributed by atoms with E-state index in [1.54, 1.807) is 12.1 Å². The molecule has 1 N–H and O–H groups in total. The predicted molar refractivity (Wildman–Crippen MR) is 77.2 cm³/mol. The van der Waals surface area contributed by atoms with Gasteiger partial charge in [-0.15, -0.1) is 0 Å². The molecule has 8 heteroatoms. The SMILES string of the molecule is CS(=O)(=O)c1ccc(NC(=O)c2ncccc2Br)cn1. The van der Waals surface area contributed by atoms with Gasteiger partial charge in [-0.2, -0.15) is 0 Å². The van der Waals surface area contributed by atoms with Crippen molar-refractivity contribution in [1.82, 2.24) is 9.97 Å². The average molecular weight is 356 g/mol. The minimum absolute atomic E-state index is 0.0467. The van der Waals surface area contributed by atoms with E-state index in [1.807, 2.05) is 0 Å². The van der Waals surface area contributed by atoms with Crippen molar-refractivity contribution >= 4 is 37.4 Å². The summed E-state index contributed by atoms with van der Waals surface area (Å²) < 4.78 is 23.1. The highest BCUT2D eigenvalue weighted by Gasteiger charge is 2.12. The highest BCUT2D eigenvalue weighted by Crippen LogP contribution is 2.16. The Kier molecular flexibility index (Phi) is 4.15. The molecule has 0 bridgehead atoms. The van der Waals surface area contributed by atoms with Crippen molar-refractivity contribution in [2.45, 2.75) is 5.03 Å². The summed E-state index contributed by atoms with van der Waals surface area (Å²) in [7, 11) is -3.35. The fraction of sp³-hybridized carbons (Fsp3) is 0.0833. The summed E-state index contributed by atoms with van der Waals surface area (Å²) in [5.74, 6) is -0.411. The van der Waals surface area contributed by atoms with Gasteiger partial charge in [0.05, 0.1) is 11.9 Å². The largest absolute Gasteiger partial charge is 0.319 e. The van der Waals surface area contributed by atoms with Crippen LogP contribution in [0.4, 0.5) is 5.69 Å². The zero-order valence-corrected chi connectivity index (χ0v) is 12.8. The smallest absolute Gasteiger partial charge is 0.275 e. The van der Waals surface area contributed by atoms with Crippen LogP contribution in [-0.4, -0.2) is 30.5 Å². The Balaban J connectivity index is 2.19. The fourth-order valence-electron chi connectivity index (χ4n) is 1.42. The second-order valence-electron chi connectivity index (χ2n) is 3.95. The first-order valence-electron chi connectivity index (χ1n) is 5.46. The maximum Gasteiger partial charge on any atom is 0.275 e. The molecule has 6 nitrogen and oxygen atoms in total. The third kappa shape index (κ3) is 3.40. The normalized spacial score (nSPS) is 11.1. The van der Waals surface area contributed by atoms with Crippen molar-refractivity contribution in [2.75, 3.05) is 11.6 Å². The van der Waals surface area contributed by atoms with Crippen LogP contribution in [0.2, 0.25) is 0 Å². The number of carbonyl (C=O) groups excluding carboxylic acids is 1. The lowest BCUT2D eigenvalue weighted by Crippen LogP contribution is -2.14. The van der Waals surface area contributed by atoms with Crippen LogP contribution in [0.5, 0.6) is 0 Å². The molecule has 0 unspecified atom stereocenters. The minimum atomic E-state index is -3.35. The third-order valence-corrected chi connectivity index (χ3v) is 3.99. The molecule has 20 heavy (non-hydrogen) atoms. The van der Waals surface area contributed by atoms with E-state index < -0.39 is 15.7 Å². The standard InChI is InChI=1S/C12H10BrN3O3S/c1-20(18,19)10-5-4-8(7-15-10)16-12(17)11-9(13)3-2-6-14-11/h2-7H,1H3,(H,16,17). The van der Waals surface area contributed by atoms with Crippen LogP contribution in [0.15, 0.2) is 46.2 Å². The van der Waals surface area contributed by atoms with Gasteiger partial charge in [-0.3, -0.25) is 4.79 Å². The van der Waals surface area contributed by atoms with Crippen LogP contribution in [0.25, 0.3) is 0 Å². The van der Waals surface area contributed by atoms with E-state index in [1.165, 1.54) is 24.5 Å². The molecular formula is C12H10BrN3O3S. The Morgan fingerprint density at radius 3 is 2.55 bits per heavy atom. The predicted octanol–water partition coefficient (Wildman–Crippen LogP) is 1.89. The van der Waals surface area contributed by atoms with Crippen molar-refractivity contribution in [1.29, 1.82) is 0 Å². The molecule has 0 aliphatic rings. The number of hydrogen-bond acceptors (Lipinski definition) is 5. The highest BCUT2D eigenvalue weighted by molar-refractivity contribution is 9.10. The molecule has 0 saturated heterocycles. The molecule has 0 atom stereocenters. The molecule has 104 valence electrons. The van der Waals surface area contributed by atoms with Crippen molar-refractivity contribution in [3.8, 4) is 0 Å². The molecular weight excluding hydrogens is 346 g/mol. The van der Waals surface area contributed by atoms with Crippen LogP contribution < -0.4 is 5.32 Å². The average Bonchev–Trinajstić information content (AvgIpc) is 2.38. The molecule has 2 rings (SSSR count). The van der Waals surface area contributed by atoms with Crippen LogP contribution in [0.3, 0.4) is 0 Å². The molecule has 2 aromatic heterocycles. The van der Waals surface area contributed by atoms with Crippen molar-refractivity contribution in [3.63, 3.8) is 0 Å². The number of hydrogen-bond donors (Lipinski definition) is 1. The van der Waals surface area contributed by atoms with E-state index in [-0.39, 0.29) is 10.7 Å². The number of nitrogens with one attached hydrogen (secondary N) is 1. The maximum atomic E-state index is 12.0. The second kappa shape index (κ2) is 5.68. The quantitative estimate of drug-likeness (QED) is 0.907. The lowest BCUT2D eigenvalue weighted by molar-refractivity contribution is 0.102. The number of pyridine rings is 2. The molecule has 0 radical (unpaired) electrons. The highest BCUT2D eigenvalue weighted by atomic mass is 79.9. The van der Waals surface area contributed by atoms with E-state index in [4.69, 9.17) is 0 Å². The molecule has 2 heterocycles. The number of sulfone groups is 1. The Bertz CT molecular complexity index is 745. The van der Waals surface area contributed by atoms with E-state index >= 15 is 0 Å². The number of halogens is 1. The molecule has 1 amide bonds. The number of anilines is 1. The van der Waals surface area contributed by atoms with Gasteiger partial charge in [0.15, 0.2) is 14.9 Å². The molecule has 0 aliphatic carbocycles. The van der Waals surface area contributed by atoms with Crippen LogP contribution in [0, 0.1) is 0 Å². The van der Waals surface area contributed by atoms with E-state index in [0.717, 1.165) is 6.26 Å². The lowest BCUT2D eigenvalue weighted by Gasteiger charge is -2.06. The molecule has 2 aromatic rings. The van der Waals surface area contributed by atoms with Crippen molar-refractivity contribution in [3.05, 3.63) is 46.8 Å². The summed E-state index contributed by atoms with van der Waals surface area (Å²) in [5, 5.41) is 2.54. The summed E-state index contributed by atoms with van der Waals surface area (Å²) in [6.45, 7) is 0. The summed E-state index contributed by atoms with van der Waals surface area (Å²) in [6.07, 6.45) is 3.86. The lowest BCUT2D eigenvalue weighted by atomic mass is 10.3. The van der Waals surface area contributed by atoms with Gasteiger partial charge in [-0.05, 0) is 40.2 Å². The van der Waals surface area contributed by atoms with Gasteiger partial charge in [0, 0.05) is 16.9 Å². The second-order valence-corrected chi connectivity index (χ2v) is 6.76. The summed E-state index contributed by atoms with van der Waals surface area (Å²) in [4.78, 5) is 19.7. The summed E-state index contributed by atoms with van der Waals surface area (Å²) in [6, 6.07) is 6.20. The number of aromatic nitrogens is 2. The topological polar surface area (TPSA) is 89.0 Å². The minimum Gasteiger partial charge on any atom is -0.319 e. The van der Waals surface area contributed by atoms with Crippen LogP contribution in [-0.2, 0) is 9.84 Å². The Labute approximate surface area is 124 Å². The molecule has 0 saturated carbocycles. The van der Waals surface area contributed by atoms with Gasteiger partial charge in [0.2, 0.25) is 0 Å². The van der Waals surface area contributed by atoms with Gasteiger partial charge >= 0.3 is 0 Å². The molecule has 0 aromatic carbocycles. The Hall–Kier alpha value is -1.80. The van der Waals surface area contributed by atoms with Crippen LogP contribution >= 0.6 is 15.9 Å². The van der Waals surface area contributed by atoms with Gasteiger partial charge in [-0.25, -0.2) is 18.4 Å². The fourth-order valence-corrected chi connectivity index (χ4v) is 2.41. The van der Waals surface area contributed by atoms with Crippen LogP contribution in [0.1, 0.15) is 10.5 Å². The first-order chi connectivity index (χ1) is 9.38. The summed E-state index contributed by atoms with van der Waals surface area (Å²) >= 11 is 3.23. The monoisotopic (exact) mass is 355 g/mol. The van der Waals surface area contributed by atoms with Crippen molar-refractivity contribution in [2.24, 2.45) is 0 Å². The zero-order valence-electron chi connectivity index (χ0n) is 10.4. The molecule has 0 spiro atoms. The number of nitrogens with zero attached hydrogens (tertiary/aromatic N) is 2. The number of amides is 1. The van der Waals surface area contributed by atoms with Gasteiger partial charge in [-0.1, -0.05) is 0 Å². The van der Waals surface area contributed by atoms with E-state index in [0.29, 0.717) is 10.2 Å². The first-order valence-corrected chi connectivity index (χ1v) is 8.14. The zero-order chi connectivity index (χ0) is 14.8. The first kappa shape index (κ1) is 14.6. The Morgan fingerprint density at radius 1 is 1.25 bits per heavy atom. The van der Waals surface area contributed by atoms with E-state index in [9.17, 15) is 13.2 Å². The summed E-state index contributed by atoms with van der Waals surface area (Å²) in [5.41, 5.74) is 0.625. The van der Waals surface area contributed by atoms with Gasteiger partial charge < -0.3 is 5.32 Å². The Morgan fingerprint density at radius 2 is 2.00 bits per heavy atom. The third-order valence-electron chi connectivity index (χ3n) is 2.35. The maximum absolute atomic E-state index is 12.0. The van der Waals surface area contributed by atoms with Gasteiger partial charge in [0.1, 0.15) is 5.69 Å². The molecule has 0 aliphatic heterocycles. The van der Waals surface area contributed by atoms with Gasteiger partial charge in [0.25, 0.3) is 5.91 Å². The van der Waals surface area contributed by atoms with Crippen molar-refractivity contribution < 1.29 is 13.2 Å². The molecule has 0 fully saturated rings.